The Morgan fingerprint density at radius 2 is 1.86 bits per heavy atom. The molecule has 0 aromatic heterocycles. The molecule has 0 unspecified atom stereocenters. The molecule has 0 fully saturated rings. The van der Waals surface area contributed by atoms with E-state index in [4.69, 9.17) is 4.43 Å². The van der Waals surface area contributed by atoms with Crippen LogP contribution in [0.1, 0.15) is 6.92 Å². The van der Waals surface area contributed by atoms with Crippen molar-refractivity contribution in [3.63, 3.8) is 0 Å². The van der Waals surface area contributed by atoms with Crippen LogP contribution < -0.4 is 5.19 Å². The first kappa shape index (κ1) is 11.2. The zero-order valence-electron chi connectivity index (χ0n) is 9.16. The fraction of sp³-hybridized carbons (Fsp3) is 0.333. The van der Waals surface area contributed by atoms with Gasteiger partial charge in [-0.3, -0.25) is 0 Å². The molecule has 0 radical (unpaired) electrons. The minimum absolute atomic E-state index is 0.727. The van der Waals surface area contributed by atoms with Crippen LogP contribution in [0.5, 0.6) is 0 Å². The third kappa shape index (κ3) is 3.12. The van der Waals surface area contributed by atoms with Gasteiger partial charge in [-0.2, -0.15) is 0 Å². The molecule has 14 heavy (non-hydrogen) atoms. The minimum atomic E-state index is -1.67. The molecule has 76 valence electrons. The van der Waals surface area contributed by atoms with Crippen LogP contribution in [0.15, 0.2) is 42.5 Å². The van der Waals surface area contributed by atoms with Gasteiger partial charge in [-0.1, -0.05) is 42.5 Å². The van der Waals surface area contributed by atoms with Crippen LogP contribution in [0.4, 0.5) is 0 Å². The highest BCUT2D eigenvalue weighted by Crippen LogP contribution is 2.04. The predicted molar refractivity (Wildman–Crippen MR) is 64.3 cm³/mol. The molecule has 0 heterocycles. The summed E-state index contributed by atoms with van der Waals surface area (Å²) in [7, 11) is -1.67. The van der Waals surface area contributed by atoms with Gasteiger partial charge in [0.1, 0.15) is 0 Å². The second-order valence-electron chi connectivity index (χ2n) is 3.76. The summed E-state index contributed by atoms with van der Waals surface area (Å²) < 4.78 is 5.91. The third-order valence-electron chi connectivity index (χ3n) is 2.25. The Bertz CT molecular complexity index is 290. The minimum Gasteiger partial charge on any atom is -0.409 e. The number of benzene rings is 1. The van der Waals surface area contributed by atoms with E-state index < -0.39 is 8.32 Å². The third-order valence-corrected chi connectivity index (χ3v) is 4.86. The summed E-state index contributed by atoms with van der Waals surface area (Å²) in [6, 6.07) is 10.5. The van der Waals surface area contributed by atoms with Crippen molar-refractivity contribution in [2.24, 2.45) is 0 Å². The molecule has 0 atom stereocenters. The average Bonchev–Trinajstić information content (AvgIpc) is 2.19. The van der Waals surface area contributed by atoms with Crippen molar-refractivity contribution in [3.8, 4) is 0 Å². The molecule has 0 spiro atoms. The standard InChI is InChI=1S/C12H18OSi/c1-4-5-11-13-14(2,3)12-9-7-6-8-10-12/h4-10H,11H2,1-3H3. The van der Waals surface area contributed by atoms with Gasteiger partial charge in [-0.15, -0.1) is 0 Å². The van der Waals surface area contributed by atoms with Crippen molar-refractivity contribution in [1.82, 2.24) is 0 Å². The van der Waals surface area contributed by atoms with E-state index in [0.717, 1.165) is 6.61 Å². The summed E-state index contributed by atoms with van der Waals surface area (Å²) in [5, 5.41) is 1.35. The maximum atomic E-state index is 5.91. The fourth-order valence-electron chi connectivity index (χ4n) is 1.28. The van der Waals surface area contributed by atoms with E-state index in [2.05, 4.69) is 43.4 Å². The Balaban J connectivity index is 2.65. The summed E-state index contributed by atoms with van der Waals surface area (Å²) >= 11 is 0. The largest absolute Gasteiger partial charge is 0.409 e. The number of hydrogen-bond donors (Lipinski definition) is 0. The molecule has 0 aliphatic carbocycles. The van der Waals surface area contributed by atoms with Crippen molar-refractivity contribution < 1.29 is 4.43 Å². The topological polar surface area (TPSA) is 9.23 Å². The SMILES string of the molecule is CC=CCO[Si](C)(C)c1ccccc1. The first-order valence-corrected chi connectivity index (χ1v) is 7.88. The fourth-order valence-corrected chi connectivity index (χ4v) is 2.95. The lowest BCUT2D eigenvalue weighted by atomic mass is 10.4. The lowest BCUT2D eigenvalue weighted by molar-refractivity contribution is 0.362. The Labute approximate surface area is 87.5 Å². The van der Waals surface area contributed by atoms with Gasteiger partial charge in [0.2, 0.25) is 8.32 Å². The summed E-state index contributed by atoms with van der Waals surface area (Å²) in [5.41, 5.74) is 0. The van der Waals surface area contributed by atoms with E-state index in [1.54, 1.807) is 0 Å². The van der Waals surface area contributed by atoms with Gasteiger partial charge in [-0.05, 0) is 25.2 Å². The molecule has 1 aromatic rings. The molecular weight excluding hydrogens is 188 g/mol. The molecule has 0 bridgehead atoms. The highest BCUT2D eigenvalue weighted by Gasteiger charge is 2.23. The molecule has 0 amide bonds. The van der Waals surface area contributed by atoms with Crippen molar-refractivity contribution in [2.75, 3.05) is 6.61 Å². The molecular formula is C12H18OSi. The summed E-state index contributed by atoms with van der Waals surface area (Å²) in [5.74, 6) is 0. The molecule has 0 saturated heterocycles. The van der Waals surface area contributed by atoms with Crippen LogP contribution in [-0.4, -0.2) is 14.9 Å². The average molecular weight is 206 g/mol. The maximum Gasteiger partial charge on any atom is 0.218 e. The predicted octanol–water partition coefficient (Wildman–Crippen LogP) is 2.69. The molecule has 0 aliphatic heterocycles. The summed E-state index contributed by atoms with van der Waals surface area (Å²) in [6.45, 7) is 7.20. The zero-order chi connectivity index (χ0) is 10.4. The highest BCUT2D eigenvalue weighted by atomic mass is 28.4. The van der Waals surface area contributed by atoms with Gasteiger partial charge < -0.3 is 4.43 Å². The molecule has 1 aromatic carbocycles. The summed E-state index contributed by atoms with van der Waals surface area (Å²) in [6.07, 6.45) is 4.08. The lowest BCUT2D eigenvalue weighted by Gasteiger charge is -2.22. The monoisotopic (exact) mass is 206 g/mol. The van der Waals surface area contributed by atoms with Gasteiger partial charge in [-0.25, -0.2) is 0 Å². The first-order valence-electron chi connectivity index (χ1n) is 4.97. The van der Waals surface area contributed by atoms with E-state index in [0.29, 0.717) is 0 Å². The quantitative estimate of drug-likeness (QED) is 0.543. The lowest BCUT2D eigenvalue weighted by Crippen LogP contribution is -2.44. The molecule has 0 N–H and O–H groups in total. The van der Waals surface area contributed by atoms with E-state index in [-0.39, 0.29) is 0 Å². The number of allylic oxidation sites excluding steroid dienone is 1. The van der Waals surface area contributed by atoms with Gasteiger partial charge in [0.25, 0.3) is 0 Å². The normalized spacial score (nSPS) is 12.2. The number of rotatable bonds is 4. The van der Waals surface area contributed by atoms with Crippen LogP contribution in [0.3, 0.4) is 0 Å². The Kier molecular flexibility index (Phi) is 4.11. The van der Waals surface area contributed by atoms with Crippen LogP contribution in [0, 0.1) is 0 Å². The van der Waals surface area contributed by atoms with Crippen molar-refractivity contribution in [1.29, 1.82) is 0 Å². The Morgan fingerprint density at radius 1 is 1.21 bits per heavy atom. The molecule has 2 heteroatoms. The Morgan fingerprint density at radius 3 is 2.43 bits per heavy atom. The van der Waals surface area contributed by atoms with Crippen molar-refractivity contribution in [2.45, 2.75) is 20.0 Å². The van der Waals surface area contributed by atoms with Crippen LogP contribution in [-0.2, 0) is 4.43 Å². The van der Waals surface area contributed by atoms with Crippen LogP contribution >= 0.6 is 0 Å². The molecule has 0 saturated carbocycles. The van der Waals surface area contributed by atoms with Gasteiger partial charge in [0, 0.05) is 0 Å². The number of hydrogen-bond acceptors (Lipinski definition) is 1. The van der Waals surface area contributed by atoms with E-state index in [9.17, 15) is 0 Å². The maximum absolute atomic E-state index is 5.91. The van der Waals surface area contributed by atoms with Crippen LogP contribution in [0.2, 0.25) is 13.1 Å². The van der Waals surface area contributed by atoms with Crippen molar-refractivity contribution >= 4 is 13.5 Å². The Hall–Kier alpha value is -0.863. The van der Waals surface area contributed by atoms with Gasteiger partial charge >= 0.3 is 0 Å². The smallest absolute Gasteiger partial charge is 0.218 e. The van der Waals surface area contributed by atoms with Crippen molar-refractivity contribution in [3.05, 3.63) is 42.5 Å². The van der Waals surface area contributed by atoms with Gasteiger partial charge in [0.05, 0.1) is 6.61 Å². The van der Waals surface area contributed by atoms with Crippen LogP contribution in [0.25, 0.3) is 0 Å². The van der Waals surface area contributed by atoms with Gasteiger partial charge in [0.15, 0.2) is 0 Å². The highest BCUT2D eigenvalue weighted by molar-refractivity contribution is 6.84. The second-order valence-corrected chi connectivity index (χ2v) is 7.64. The molecule has 0 aliphatic rings. The second kappa shape index (κ2) is 5.13. The summed E-state index contributed by atoms with van der Waals surface area (Å²) in [4.78, 5) is 0. The first-order chi connectivity index (χ1) is 6.67. The molecule has 1 nitrogen and oxygen atoms in total. The van der Waals surface area contributed by atoms with E-state index >= 15 is 0 Å². The molecule has 1 rings (SSSR count). The zero-order valence-corrected chi connectivity index (χ0v) is 10.2. The van der Waals surface area contributed by atoms with E-state index in [1.165, 1.54) is 5.19 Å². The van der Waals surface area contributed by atoms with E-state index in [1.807, 2.05) is 19.1 Å².